The van der Waals surface area contributed by atoms with Crippen molar-refractivity contribution in [1.29, 1.82) is 0 Å². The second-order valence-electron chi connectivity index (χ2n) is 3.78. The van der Waals surface area contributed by atoms with E-state index in [1.807, 2.05) is 24.3 Å². The molecular formula is C11H11N3O3. The van der Waals surface area contributed by atoms with Crippen LogP contribution in [0.3, 0.4) is 0 Å². The van der Waals surface area contributed by atoms with E-state index in [-0.39, 0.29) is 12.7 Å². The second-order valence-corrected chi connectivity index (χ2v) is 3.78. The zero-order chi connectivity index (χ0) is 11.7. The summed E-state index contributed by atoms with van der Waals surface area (Å²) in [6.07, 6.45) is 0.557. The van der Waals surface area contributed by atoms with Crippen LogP contribution in [0.2, 0.25) is 0 Å². The summed E-state index contributed by atoms with van der Waals surface area (Å²) in [6, 6.07) is 7.87. The Morgan fingerprint density at radius 3 is 3.12 bits per heavy atom. The average molecular weight is 233 g/mol. The molecule has 0 saturated carbocycles. The fourth-order valence-electron chi connectivity index (χ4n) is 1.85. The maximum atomic E-state index is 5.73. The van der Waals surface area contributed by atoms with Crippen molar-refractivity contribution in [3.63, 3.8) is 0 Å². The van der Waals surface area contributed by atoms with Gasteiger partial charge in [0.15, 0.2) is 6.10 Å². The number of nitrogens with zero attached hydrogens (tertiary/aromatic N) is 2. The molecule has 0 amide bonds. The van der Waals surface area contributed by atoms with E-state index in [9.17, 15) is 0 Å². The van der Waals surface area contributed by atoms with Gasteiger partial charge in [0.25, 0.3) is 5.89 Å². The van der Waals surface area contributed by atoms with Crippen LogP contribution < -0.4 is 10.6 Å². The largest absolute Gasteiger partial charge is 0.482 e. The zero-order valence-corrected chi connectivity index (χ0v) is 9.00. The van der Waals surface area contributed by atoms with Gasteiger partial charge in [0, 0.05) is 6.42 Å². The molecule has 0 bridgehead atoms. The van der Waals surface area contributed by atoms with Crippen molar-refractivity contribution in [1.82, 2.24) is 10.1 Å². The maximum Gasteiger partial charge on any atom is 0.254 e. The van der Waals surface area contributed by atoms with E-state index in [2.05, 4.69) is 15.0 Å². The minimum atomic E-state index is -0.192. The lowest BCUT2D eigenvalue weighted by molar-refractivity contribution is 0.0995. The summed E-state index contributed by atoms with van der Waals surface area (Å²) in [6.45, 7) is 0.104. The van der Waals surface area contributed by atoms with E-state index in [0.29, 0.717) is 11.7 Å². The van der Waals surface area contributed by atoms with E-state index in [0.717, 1.165) is 17.7 Å². The number of nitrogens with two attached hydrogens (primary N) is 1. The van der Waals surface area contributed by atoms with Gasteiger partial charge in [-0.05, 0) is 11.6 Å². The van der Waals surface area contributed by atoms with Crippen LogP contribution in [0.5, 0.6) is 5.75 Å². The Morgan fingerprint density at radius 1 is 1.41 bits per heavy atom. The van der Waals surface area contributed by atoms with Crippen molar-refractivity contribution in [3.05, 3.63) is 41.5 Å². The van der Waals surface area contributed by atoms with Crippen molar-refractivity contribution in [3.8, 4) is 5.75 Å². The Labute approximate surface area is 97.3 Å². The molecule has 88 valence electrons. The van der Waals surface area contributed by atoms with Crippen molar-refractivity contribution in [2.75, 3.05) is 0 Å². The SMILES string of the molecule is NOCc1nc(C2Cc3ccccc3O2)no1. The first-order valence-electron chi connectivity index (χ1n) is 5.25. The minimum Gasteiger partial charge on any atom is -0.482 e. The summed E-state index contributed by atoms with van der Waals surface area (Å²) in [7, 11) is 0. The quantitative estimate of drug-likeness (QED) is 0.800. The van der Waals surface area contributed by atoms with Crippen molar-refractivity contribution >= 4 is 0 Å². The Bertz CT molecular complexity index is 501. The fraction of sp³-hybridized carbons (Fsp3) is 0.273. The average Bonchev–Trinajstić information content (AvgIpc) is 2.94. The van der Waals surface area contributed by atoms with Crippen LogP contribution in [0.4, 0.5) is 0 Å². The molecule has 1 unspecified atom stereocenters. The molecule has 1 aromatic heterocycles. The lowest BCUT2D eigenvalue weighted by Crippen LogP contribution is -2.06. The fourth-order valence-corrected chi connectivity index (χ4v) is 1.85. The number of aromatic nitrogens is 2. The van der Waals surface area contributed by atoms with Gasteiger partial charge in [-0.25, -0.2) is 5.90 Å². The molecule has 3 rings (SSSR count). The number of hydrogen-bond acceptors (Lipinski definition) is 6. The summed E-state index contributed by atoms with van der Waals surface area (Å²) in [5.74, 6) is 6.68. The highest BCUT2D eigenvalue weighted by molar-refractivity contribution is 5.37. The van der Waals surface area contributed by atoms with E-state index in [1.54, 1.807) is 0 Å². The molecule has 2 heterocycles. The highest BCUT2D eigenvalue weighted by Crippen LogP contribution is 2.35. The van der Waals surface area contributed by atoms with E-state index < -0.39 is 0 Å². The van der Waals surface area contributed by atoms with Crippen molar-refractivity contribution < 1.29 is 14.1 Å². The molecule has 0 aliphatic carbocycles. The van der Waals surface area contributed by atoms with Crippen LogP contribution >= 0.6 is 0 Å². The van der Waals surface area contributed by atoms with E-state index in [4.69, 9.17) is 15.2 Å². The lowest BCUT2D eigenvalue weighted by atomic mass is 10.1. The topological polar surface area (TPSA) is 83.4 Å². The third-order valence-electron chi connectivity index (χ3n) is 2.63. The van der Waals surface area contributed by atoms with Crippen molar-refractivity contribution in [2.45, 2.75) is 19.1 Å². The Kier molecular flexibility index (Phi) is 2.50. The van der Waals surface area contributed by atoms with Crippen molar-refractivity contribution in [2.24, 2.45) is 5.90 Å². The van der Waals surface area contributed by atoms with Gasteiger partial charge in [-0.3, -0.25) is 4.84 Å². The molecule has 17 heavy (non-hydrogen) atoms. The third kappa shape index (κ3) is 1.88. The highest BCUT2D eigenvalue weighted by Gasteiger charge is 2.28. The first kappa shape index (κ1) is 10.2. The smallest absolute Gasteiger partial charge is 0.254 e. The predicted octanol–water partition coefficient (Wildman–Crippen LogP) is 1.14. The maximum absolute atomic E-state index is 5.73. The van der Waals surface area contributed by atoms with E-state index in [1.165, 1.54) is 0 Å². The molecule has 0 radical (unpaired) electrons. The molecule has 1 aliphatic heterocycles. The first-order chi connectivity index (χ1) is 8.36. The van der Waals surface area contributed by atoms with Gasteiger partial charge in [0.1, 0.15) is 12.4 Å². The number of hydrogen-bond donors (Lipinski definition) is 1. The predicted molar refractivity (Wildman–Crippen MR) is 56.8 cm³/mol. The zero-order valence-electron chi connectivity index (χ0n) is 9.00. The number of fused-ring (bicyclic) bond motifs is 1. The molecule has 6 heteroatoms. The normalized spacial score (nSPS) is 17.8. The summed E-state index contributed by atoms with van der Waals surface area (Å²) in [5.41, 5.74) is 1.15. The standard InChI is InChI=1S/C11H11N3O3/c12-15-6-10-13-11(14-17-10)9-5-7-3-1-2-4-8(7)16-9/h1-4,9H,5-6,12H2. The molecule has 2 aromatic rings. The Balaban J connectivity index is 1.79. The van der Waals surface area contributed by atoms with Crippen LogP contribution in [0.25, 0.3) is 0 Å². The van der Waals surface area contributed by atoms with Crippen LogP contribution in [0.1, 0.15) is 23.4 Å². The molecule has 1 aliphatic rings. The number of benzene rings is 1. The van der Waals surface area contributed by atoms with Crippen LogP contribution in [-0.4, -0.2) is 10.1 Å². The number of para-hydroxylation sites is 1. The summed E-state index contributed by atoms with van der Waals surface area (Å²) < 4.78 is 10.7. The molecular weight excluding hydrogens is 222 g/mol. The van der Waals surface area contributed by atoms with E-state index >= 15 is 0 Å². The second kappa shape index (κ2) is 4.15. The summed E-state index contributed by atoms with van der Waals surface area (Å²) in [4.78, 5) is 8.59. The molecule has 1 atom stereocenters. The monoisotopic (exact) mass is 233 g/mol. The van der Waals surface area contributed by atoms with Gasteiger partial charge in [0.05, 0.1) is 0 Å². The van der Waals surface area contributed by atoms with Crippen LogP contribution in [0, 0.1) is 0 Å². The van der Waals surface area contributed by atoms with Crippen LogP contribution in [0.15, 0.2) is 28.8 Å². The minimum absolute atomic E-state index is 0.104. The van der Waals surface area contributed by atoms with Gasteiger partial charge in [0.2, 0.25) is 5.82 Å². The molecule has 0 spiro atoms. The van der Waals surface area contributed by atoms with Gasteiger partial charge >= 0.3 is 0 Å². The lowest BCUT2D eigenvalue weighted by Gasteiger charge is -2.04. The first-order valence-corrected chi connectivity index (χ1v) is 5.25. The summed E-state index contributed by atoms with van der Waals surface area (Å²) >= 11 is 0. The molecule has 0 saturated heterocycles. The molecule has 6 nitrogen and oxygen atoms in total. The molecule has 0 fully saturated rings. The Hall–Kier alpha value is -1.92. The summed E-state index contributed by atoms with van der Waals surface area (Å²) in [5, 5.41) is 3.85. The molecule has 2 N–H and O–H groups in total. The number of rotatable bonds is 3. The van der Waals surface area contributed by atoms with Crippen LogP contribution in [-0.2, 0) is 17.9 Å². The highest BCUT2D eigenvalue weighted by atomic mass is 16.6. The van der Waals surface area contributed by atoms with Gasteiger partial charge in [-0.15, -0.1) is 0 Å². The van der Waals surface area contributed by atoms with Gasteiger partial charge in [-0.2, -0.15) is 4.98 Å². The van der Waals surface area contributed by atoms with Gasteiger partial charge in [-0.1, -0.05) is 23.4 Å². The number of ether oxygens (including phenoxy) is 1. The Morgan fingerprint density at radius 2 is 2.29 bits per heavy atom. The third-order valence-corrected chi connectivity index (χ3v) is 2.63. The molecule has 1 aromatic carbocycles. The van der Waals surface area contributed by atoms with Gasteiger partial charge < -0.3 is 9.26 Å².